The smallest absolute Gasteiger partial charge is 0.0192 e. The molecule has 1 fully saturated rings. The Kier molecular flexibility index (Phi) is 5.77. The maximum absolute atomic E-state index is 5.84. The van der Waals surface area contributed by atoms with Crippen molar-refractivity contribution in [3.8, 4) is 0 Å². The van der Waals surface area contributed by atoms with E-state index in [4.69, 9.17) is 5.73 Å². The molecule has 0 aromatic heterocycles. The molecule has 0 radical (unpaired) electrons. The molecule has 2 heteroatoms. The Morgan fingerprint density at radius 3 is 2.62 bits per heavy atom. The van der Waals surface area contributed by atoms with Crippen LogP contribution in [-0.4, -0.2) is 18.6 Å². The van der Waals surface area contributed by atoms with E-state index in [1.807, 2.05) is 0 Å². The van der Waals surface area contributed by atoms with Gasteiger partial charge in [0.05, 0.1) is 0 Å². The highest BCUT2D eigenvalue weighted by Crippen LogP contribution is 2.37. The van der Waals surface area contributed by atoms with Crippen LogP contribution in [0, 0.1) is 5.41 Å². The summed E-state index contributed by atoms with van der Waals surface area (Å²) in [5.74, 6) is 0. The average molecular weight is 226 g/mol. The summed E-state index contributed by atoms with van der Waals surface area (Å²) in [6.45, 7) is 7.80. The molecule has 2 atom stereocenters. The molecule has 1 aliphatic carbocycles. The minimum Gasteiger partial charge on any atom is -0.329 e. The molecule has 0 heterocycles. The molecule has 0 aliphatic heterocycles. The lowest BCUT2D eigenvalue weighted by molar-refractivity contribution is 0.345. The second-order valence-electron chi connectivity index (χ2n) is 6.20. The van der Waals surface area contributed by atoms with Crippen molar-refractivity contribution < 1.29 is 0 Å². The zero-order chi connectivity index (χ0) is 12.0. The molecule has 1 aliphatic rings. The summed E-state index contributed by atoms with van der Waals surface area (Å²) >= 11 is 0. The third-order valence-electron chi connectivity index (χ3n) is 3.88. The second kappa shape index (κ2) is 6.61. The first-order valence-electron chi connectivity index (χ1n) is 7.03. The van der Waals surface area contributed by atoms with Gasteiger partial charge in [0.15, 0.2) is 0 Å². The van der Waals surface area contributed by atoms with Crippen LogP contribution >= 0.6 is 0 Å². The van der Waals surface area contributed by atoms with E-state index in [2.05, 4.69) is 26.1 Å². The fourth-order valence-corrected chi connectivity index (χ4v) is 2.82. The lowest BCUT2D eigenvalue weighted by Gasteiger charge is -2.23. The van der Waals surface area contributed by atoms with Crippen molar-refractivity contribution >= 4 is 0 Å². The van der Waals surface area contributed by atoms with Gasteiger partial charge >= 0.3 is 0 Å². The molecule has 2 unspecified atom stereocenters. The van der Waals surface area contributed by atoms with Crippen molar-refractivity contribution in [3.63, 3.8) is 0 Å². The molecule has 0 saturated heterocycles. The van der Waals surface area contributed by atoms with Gasteiger partial charge in [0, 0.05) is 18.6 Å². The van der Waals surface area contributed by atoms with Gasteiger partial charge < -0.3 is 11.1 Å². The van der Waals surface area contributed by atoms with Crippen LogP contribution in [0.15, 0.2) is 0 Å². The standard InChI is InChI=1S/C14H30N2/c1-4-5-6-7-13(11-15)16-12-8-9-14(2,3)10-12/h12-13,16H,4-11,15H2,1-3H3. The third-order valence-corrected chi connectivity index (χ3v) is 3.88. The van der Waals surface area contributed by atoms with Gasteiger partial charge in [0.1, 0.15) is 0 Å². The van der Waals surface area contributed by atoms with Crippen LogP contribution < -0.4 is 11.1 Å². The molecule has 3 N–H and O–H groups in total. The van der Waals surface area contributed by atoms with Crippen LogP contribution in [0.3, 0.4) is 0 Å². The molecule has 16 heavy (non-hydrogen) atoms. The molecule has 0 spiro atoms. The van der Waals surface area contributed by atoms with E-state index in [1.165, 1.54) is 44.9 Å². The molecule has 1 saturated carbocycles. The lowest BCUT2D eigenvalue weighted by atomic mass is 9.91. The zero-order valence-electron chi connectivity index (χ0n) is 11.4. The maximum Gasteiger partial charge on any atom is 0.0192 e. The molecule has 2 nitrogen and oxygen atoms in total. The van der Waals surface area contributed by atoms with E-state index >= 15 is 0 Å². The van der Waals surface area contributed by atoms with Crippen LogP contribution in [0.25, 0.3) is 0 Å². The largest absolute Gasteiger partial charge is 0.329 e. The summed E-state index contributed by atoms with van der Waals surface area (Å²) in [7, 11) is 0. The fraction of sp³-hybridized carbons (Fsp3) is 1.00. The molecule has 96 valence electrons. The molecule has 0 aromatic carbocycles. The molecule has 0 amide bonds. The van der Waals surface area contributed by atoms with Crippen LogP contribution in [0.5, 0.6) is 0 Å². The van der Waals surface area contributed by atoms with Crippen molar-refractivity contribution in [1.29, 1.82) is 0 Å². The first kappa shape index (κ1) is 14.0. The maximum atomic E-state index is 5.84. The van der Waals surface area contributed by atoms with E-state index in [-0.39, 0.29) is 0 Å². The van der Waals surface area contributed by atoms with Gasteiger partial charge in [-0.2, -0.15) is 0 Å². The zero-order valence-corrected chi connectivity index (χ0v) is 11.4. The highest BCUT2D eigenvalue weighted by atomic mass is 15.0. The van der Waals surface area contributed by atoms with E-state index in [0.29, 0.717) is 17.5 Å². The minimum absolute atomic E-state index is 0.542. The topological polar surface area (TPSA) is 38.0 Å². The molecular weight excluding hydrogens is 196 g/mol. The van der Waals surface area contributed by atoms with Crippen LogP contribution in [0.4, 0.5) is 0 Å². The van der Waals surface area contributed by atoms with Crippen molar-refractivity contribution in [1.82, 2.24) is 5.32 Å². The number of nitrogens with two attached hydrogens (primary N) is 1. The monoisotopic (exact) mass is 226 g/mol. The summed E-state index contributed by atoms with van der Waals surface area (Å²) in [5, 5.41) is 3.76. The summed E-state index contributed by atoms with van der Waals surface area (Å²) < 4.78 is 0. The SMILES string of the molecule is CCCCCC(CN)NC1CCC(C)(C)C1. The number of unbranched alkanes of at least 4 members (excludes halogenated alkanes) is 2. The van der Waals surface area contributed by atoms with Crippen molar-refractivity contribution in [2.45, 2.75) is 77.8 Å². The van der Waals surface area contributed by atoms with Gasteiger partial charge in [-0.1, -0.05) is 40.0 Å². The number of hydrogen-bond donors (Lipinski definition) is 2. The van der Waals surface area contributed by atoms with Gasteiger partial charge in [-0.15, -0.1) is 0 Å². The Morgan fingerprint density at radius 2 is 2.12 bits per heavy atom. The second-order valence-corrected chi connectivity index (χ2v) is 6.20. The first-order chi connectivity index (χ1) is 7.57. The Bertz CT molecular complexity index is 189. The summed E-state index contributed by atoms with van der Waals surface area (Å²) in [6, 6.07) is 1.26. The predicted octanol–water partition coefficient (Wildman–Crippen LogP) is 3.06. The van der Waals surface area contributed by atoms with Crippen molar-refractivity contribution in [3.05, 3.63) is 0 Å². The normalized spacial score (nSPS) is 25.9. The highest BCUT2D eigenvalue weighted by Gasteiger charge is 2.31. The Labute approximate surface area is 101 Å². The number of rotatable bonds is 7. The Hall–Kier alpha value is -0.0800. The third kappa shape index (κ3) is 4.84. The fourth-order valence-electron chi connectivity index (χ4n) is 2.82. The number of nitrogens with one attached hydrogen (secondary N) is 1. The Morgan fingerprint density at radius 1 is 1.38 bits per heavy atom. The predicted molar refractivity (Wildman–Crippen MR) is 71.5 cm³/mol. The van der Waals surface area contributed by atoms with Gasteiger partial charge in [-0.3, -0.25) is 0 Å². The van der Waals surface area contributed by atoms with Gasteiger partial charge in [-0.05, 0) is 31.1 Å². The van der Waals surface area contributed by atoms with Crippen LogP contribution in [0.1, 0.15) is 65.7 Å². The summed E-state index contributed by atoms with van der Waals surface area (Å²) in [6.07, 6.45) is 9.22. The summed E-state index contributed by atoms with van der Waals surface area (Å²) in [4.78, 5) is 0. The van der Waals surface area contributed by atoms with E-state index in [1.54, 1.807) is 0 Å². The molecule has 0 bridgehead atoms. The highest BCUT2D eigenvalue weighted by molar-refractivity contribution is 4.88. The van der Waals surface area contributed by atoms with Crippen molar-refractivity contribution in [2.24, 2.45) is 11.1 Å². The van der Waals surface area contributed by atoms with Crippen LogP contribution in [0.2, 0.25) is 0 Å². The summed E-state index contributed by atoms with van der Waals surface area (Å²) in [5.41, 5.74) is 6.38. The van der Waals surface area contributed by atoms with E-state index in [9.17, 15) is 0 Å². The quantitative estimate of drug-likeness (QED) is 0.655. The first-order valence-corrected chi connectivity index (χ1v) is 7.03. The van der Waals surface area contributed by atoms with E-state index < -0.39 is 0 Å². The molecule has 0 aromatic rings. The van der Waals surface area contributed by atoms with E-state index in [0.717, 1.165) is 6.54 Å². The van der Waals surface area contributed by atoms with Crippen LogP contribution in [-0.2, 0) is 0 Å². The van der Waals surface area contributed by atoms with Gasteiger partial charge in [-0.25, -0.2) is 0 Å². The van der Waals surface area contributed by atoms with Crippen molar-refractivity contribution in [2.75, 3.05) is 6.54 Å². The average Bonchev–Trinajstić information content (AvgIpc) is 2.57. The van der Waals surface area contributed by atoms with Gasteiger partial charge in [0.2, 0.25) is 0 Å². The van der Waals surface area contributed by atoms with Gasteiger partial charge in [0.25, 0.3) is 0 Å². The molecular formula is C14H30N2. The minimum atomic E-state index is 0.542. The lowest BCUT2D eigenvalue weighted by Crippen LogP contribution is -2.42. The number of hydrogen-bond acceptors (Lipinski definition) is 2. The molecule has 1 rings (SSSR count). The Balaban J connectivity index is 2.23.